The number of cyclic esters (lactones) is 2. The molecular formula is C17H10F4N2O3. The normalized spacial score (nSPS) is 22.8. The van der Waals surface area contributed by atoms with Gasteiger partial charge in [0.1, 0.15) is 11.7 Å². The van der Waals surface area contributed by atoms with Crippen molar-refractivity contribution >= 4 is 11.9 Å². The summed E-state index contributed by atoms with van der Waals surface area (Å²) in [6, 6.07) is 4.14. The number of nitrogens with one attached hydrogen (secondary N) is 1. The molecule has 1 aromatic rings. The Morgan fingerprint density at radius 3 is 2.54 bits per heavy atom. The van der Waals surface area contributed by atoms with Gasteiger partial charge in [0.2, 0.25) is 0 Å². The average Bonchev–Trinajstić information content (AvgIpc) is 2.52. The third-order valence-electron chi connectivity index (χ3n) is 4.22. The number of rotatable bonds is 1. The van der Waals surface area contributed by atoms with Crippen LogP contribution in [0.25, 0.3) is 0 Å². The minimum Gasteiger partial charge on any atom is -0.389 e. The molecule has 0 aliphatic carbocycles. The molecule has 0 radical (unpaired) electrons. The van der Waals surface area contributed by atoms with Gasteiger partial charge in [-0.2, -0.15) is 18.4 Å². The van der Waals surface area contributed by atoms with Crippen molar-refractivity contribution in [2.24, 2.45) is 5.92 Å². The summed E-state index contributed by atoms with van der Waals surface area (Å²) in [6.07, 6.45) is -3.94. The van der Waals surface area contributed by atoms with E-state index in [1.165, 1.54) is 6.92 Å². The fourth-order valence-electron chi connectivity index (χ4n) is 3.12. The molecule has 2 unspecified atom stereocenters. The van der Waals surface area contributed by atoms with Gasteiger partial charge >= 0.3 is 18.1 Å². The molecule has 5 nitrogen and oxygen atoms in total. The number of ether oxygens (including phenoxy) is 1. The molecule has 2 heterocycles. The summed E-state index contributed by atoms with van der Waals surface area (Å²) in [6.45, 7) is 1.49. The summed E-state index contributed by atoms with van der Waals surface area (Å²) in [5.74, 6) is -5.74. The molecule has 134 valence electrons. The number of hydrogen-bond donors (Lipinski definition) is 1. The quantitative estimate of drug-likeness (QED) is 0.470. The second kappa shape index (κ2) is 5.98. The van der Waals surface area contributed by atoms with Crippen molar-refractivity contribution in [3.8, 4) is 6.07 Å². The number of carbonyl (C=O) groups is 2. The van der Waals surface area contributed by atoms with Crippen molar-refractivity contribution in [3.63, 3.8) is 0 Å². The molecular weight excluding hydrogens is 356 g/mol. The topological polar surface area (TPSA) is 79.2 Å². The van der Waals surface area contributed by atoms with Crippen LogP contribution in [-0.4, -0.2) is 11.9 Å². The van der Waals surface area contributed by atoms with E-state index in [2.05, 4.69) is 10.1 Å². The monoisotopic (exact) mass is 366 g/mol. The van der Waals surface area contributed by atoms with Crippen LogP contribution in [0.5, 0.6) is 0 Å². The number of nitriles is 1. The molecule has 0 bridgehead atoms. The van der Waals surface area contributed by atoms with Gasteiger partial charge in [0.25, 0.3) is 0 Å². The van der Waals surface area contributed by atoms with Gasteiger partial charge in [-0.25, -0.2) is 9.18 Å². The summed E-state index contributed by atoms with van der Waals surface area (Å²) >= 11 is 0. The van der Waals surface area contributed by atoms with Crippen LogP contribution in [-0.2, 0) is 20.5 Å². The average molecular weight is 366 g/mol. The van der Waals surface area contributed by atoms with Crippen LogP contribution >= 0.6 is 0 Å². The van der Waals surface area contributed by atoms with Crippen molar-refractivity contribution in [2.75, 3.05) is 0 Å². The first-order valence-corrected chi connectivity index (χ1v) is 7.35. The molecule has 2 aliphatic heterocycles. The number of carbonyl (C=O) groups excluding carboxylic acids is 2. The third kappa shape index (κ3) is 2.83. The standard InChI is InChI=1S/C17H10F4N2O3/c1-7-9(6-22)14(15-12(23-7)5-13(24)26-16(15)25)8-2-3-11(18)10(4-8)17(19,20)21/h2-5,14-15,23H,1H3. The SMILES string of the molecule is CC1=C(C#N)C(c2ccc(F)c(C(F)(F)F)c2)C2C(=O)OC(=O)C=C2N1. The highest BCUT2D eigenvalue weighted by Crippen LogP contribution is 2.43. The van der Waals surface area contributed by atoms with E-state index >= 15 is 0 Å². The summed E-state index contributed by atoms with van der Waals surface area (Å²) in [4.78, 5) is 23.6. The second-order valence-electron chi connectivity index (χ2n) is 5.81. The lowest BCUT2D eigenvalue weighted by Gasteiger charge is -2.35. The Bertz CT molecular complexity index is 925. The minimum atomic E-state index is -4.94. The number of nitrogens with zero attached hydrogens (tertiary/aromatic N) is 1. The zero-order valence-electron chi connectivity index (χ0n) is 13.1. The zero-order chi connectivity index (χ0) is 19.2. The van der Waals surface area contributed by atoms with E-state index < -0.39 is 41.3 Å². The molecule has 2 atom stereocenters. The van der Waals surface area contributed by atoms with Crippen molar-refractivity contribution in [1.29, 1.82) is 5.26 Å². The molecule has 0 saturated heterocycles. The van der Waals surface area contributed by atoms with Crippen LogP contribution in [0.3, 0.4) is 0 Å². The van der Waals surface area contributed by atoms with Crippen molar-refractivity contribution in [3.05, 3.63) is 58.2 Å². The molecule has 3 rings (SSSR count). The zero-order valence-corrected chi connectivity index (χ0v) is 13.1. The molecule has 26 heavy (non-hydrogen) atoms. The lowest BCUT2D eigenvalue weighted by Crippen LogP contribution is -2.41. The van der Waals surface area contributed by atoms with E-state index in [0.29, 0.717) is 12.1 Å². The van der Waals surface area contributed by atoms with E-state index in [-0.39, 0.29) is 22.5 Å². The van der Waals surface area contributed by atoms with E-state index in [0.717, 1.165) is 12.1 Å². The van der Waals surface area contributed by atoms with Crippen LogP contribution in [0.15, 0.2) is 41.2 Å². The predicted molar refractivity (Wildman–Crippen MR) is 78.3 cm³/mol. The number of esters is 2. The van der Waals surface area contributed by atoms with E-state index in [9.17, 15) is 32.4 Å². The predicted octanol–water partition coefficient (Wildman–Crippen LogP) is 2.91. The smallest absolute Gasteiger partial charge is 0.389 e. The molecule has 1 N–H and O–H groups in total. The van der Waals surface area contributed by atoms with Crippen LogP contribution in [0.2, 0.25) is 0 Å². The summed E-state index contributed by atoms with van der Waals surface area (Å²) in [5, 5.41) is 12.2. The van der Waals surface area contributed by atoms with Crippen LogP contribution in [0, 0.1) is 23.1 Å². The van der Waals surface area contributed by atoms with Crippen LogP contribution in [0.4, 0.5) is 17.6 Å². The van der Waals surface area contributed by atoms with Gasteiger partial charge in [-0.05, 0) is 24.6 Å². The highest BCUT2D eigenvalue weighted by atomic mass is 19.4. The van der Waals surface area contributed by atoms with E-state index in [1.54, 1.807) is 0 Å². The first-order valence-electron chi connectivity index (χ1n) is 7.35. The number of benzene rings is 1. The maximum Gasteiger partial charge on any atom is 0.419 e. The Kier molecular flexibility index (Phi) is 4.06. The lowest BCUT2D eigenvalue weighted by molar-refractivity contribution is -0.160. The summed E-state index contributed by atoms with van der Waals surface area (Å²) in [7, 11) is 0. The molecule has 0 amide bonds. The Balaban J connectivity index is 2.22. The van der Waals surface area contributed by atoms with E-state index in [1.807, 2.05) is 6.07 Å². The molecule has 0 aromatic heterocycles. The Labute approximate surface area is 144 Å². The Hall–Kier alpha value is -3.15. The van der Waals surface area contributed by atoms with Crippen LogP contribution < -0.4 is 5.32 Å². The summed E-state index contributed by atoms with van der Waals surface area (Å²) in [5.41, 5.74) is -1.20. The van der Waals surface area contributed by atoms with Gasteiger partial charge < -0.3 is 10.1 Å². The number of allylic oxidation sites excluding steroid dienone is 2. The maximum atomic E-state index is 13.6. The Morgan fingerprint density at radius 1 is 1.23 bits per heavy atom. The van der Waals surface area contributed by atoms with Gasteiger partial charge in [-0.1, -0.05) is 6.07 Å². The number of halogens is 4. The highest BCUT2D eigenvalue weighted by molar-refractivity contribution is 5.99. The second-order valence-corrected chi connectivity index (χ2v) is 5.81. The summed E-state index contributed by atoms with van der Waals surface area (Å²) < 4.78 is 57.2. The Morgan fingerprint density at radius 2 is 1.92 bits per heavy atom. The fourth-order valence-corrected chi connectivity index (χ4v) is 3.12. The molecule has 2 aliphatic rings. The molecule has 0 spiro atoms. The van der Waals surface area contributed by atoms with Gasteiger partial charge in [0.15, 0.2) is 0 Å². The molecule has 1 aromatic carbocycles. The lowest BCUT2D eigenvalue weighted by atomic mass is 9.75. The first kappa shape index (κ1) is 17.7. The minimum absolute atomic E-state index is 0.00168. The number of hydrogen-bond acceptors (Lipinski definition) is 5. The molecule has 0 fully saturated rings. The molecule has 9 heteroatoms. The number of fused-ring (bicyclic) bond motifs is 1. The van der Waals surface area contributed by atoms with Gasteiger partial charge in [-0.15, -0.1) is 0 Å². The van der Waals surface area contributed by atoms with Gasteiger partial charge in [-0.3, -0.25) is 4.79 Å². The molecule has 0 saturated carbocycles. The van der Waals surface area contributed by atoms with E-state index in [4.69, 9.17) is 0 Å². The fraction of sp³-hybridized carbons (Fsp3) is 0.235. The van der Waals surface area contributed by atoms with Crippen molar-refractivity contribution in [1.82, 2.24) is 5.32 Å². The number of alkyl halides is 3. The van der Waals surface area contributed by atoms with Crippen LogP contribution in [0.1, 0.15) is 24.0 Å². The van der Waals surface area contributed by atoms with Crippen molar-refractivity contribution in [2.45, 2.75) is 19.0 Å². The first-order chi connectivity index (χ1) is 12.1. The van der Waals surface area contributed by atoms with Crippen molar-refractivity contribution < 1.29 is 31.9 Å². The maximum absolute atomic E-state index is 13.6. The van der Waals surface area contributed by atoms with Gasteiger partial charge in [0.05, 0.1) is 17.2 Å². The van der Waals surface area contributed by atoms with Gasteiger partial charge in [0, 0.05) is 23.4 Å². The third-order valence-corrected chi connectivity index (χ3v) is 4.22. The highest BCUT2D eigenvalue weighted by Gasteiger charge is 2.45. The largest absolute Gasteiger partial charge is 0.419 e.